The lowest BCUT2D eigenvalue weighted by molar-refractivity contribution is -0.0504. The van der Waals surface area contributed by atoms with Crippen LogP contribution in [0.15, 0.2) is 23.2 Å². The number of nitrogens with one attached hydrogen (secondary N) is 2. The summed E-state index contributed by atoms with van der Waals surface area (Å²) in [6, 6.07) is 5.84. The maximum absolute atomic E-state index is 12.6. The number of benzene rings is 1. The van der Waals surface area contributed by atoms with Crippen LogP contribution in [0, 0.1) is 6.92 Å². The Kier molecular flexibility index (Phi) is 11.0. The maximum Gasteiger partial charge on any atom is 0.387 e. The van der Waals surface area contributed by atoms with E-state index < -0.39 is 6.61 Å². The van der Waals surface area contributed by atoms with Crippen LogP contribution >= 0.6 is 24.0 Å². The molecule has 0 bridgehead atoms. The Morgan fingerprint density at radius 1 is 1.39 bits per heavy atom. The first-order valence-electron chi connectivity index (χ1n) is 9.23. The van der Waals surface area contributed by atoms with Crippen LogP contribution < -0.4 is 15.4 Å². The zero-order chi connectivity index (χ0) is 19.8. The molecule has 1 aliphatic heterocycles. The minimum Gasteiger partial charge on any atom is -0.434 e. The number of nitrogens with zero attached hydrogens (tertiary/aromatic N) is 2. The molecule has 0 saturated carbocycles. The molecule has 2 rings (SSSR count). The van der Waals surface area contributed by atoms with Gasteiger partial charge in [-0.15, -0.1) is 24.0 Å². The summed E-state index contributed by atoms with van der Waals surface area (Å²) in [5.74, 6) is 0.793. The molecular formula is C19H31F2IN4O2. The first kappa shape index (κ1) is 24.8. The topological polar surface area (TPSA) is 58.1 Å². The Bertz CT molecular complexity index is 634. The van der Waals surface area contributed by atoms with Crippen molar-refractivity contribution in [1.82, 2.24) is 15.5 Å². The third-order valence-corrected chi connectivity index (χ3v) is 4.65. The van der Waals surface area contributed by atoms with E-state index in [9.17, 15) is 8.78 Å². The van der Waals surface area contributed by atoms with E-state index in [2.05, 4.69) is 39.1 Å². The van der Waals surface area contributed by atoms with Crippen molar-refractivity contribution in [2.75, 3.05) is 33.4 Å². The van der Waals surface area contributed by atoms with Crippen molar-refractivity contribution >= 4 is 29.9 Å². The van der Waals surface area contributed by atoms with E-state index in [1.54, 1.807) is 19.2 Å². The number of alkyl halides is 2. The quantitative estimate of drug-likeness (QED) is 0.335. The zero-order valence-electron chi connectivity index (χ0n) is 16.9. The van der Waals surface area contributed by atoms with Gasteiger partial charge in [-0.05, 0) is 26.8 Å². The Hall–Kier alpha value is -1.20. The molecule has 28 heavy (non-hydrogen) atoms. The molecule has 1 saturated heterocycles. The lowest BCUT2D eigenvalue weighted by atomic mass is 10.1. The summed E-state index contributed by atoms with van der Waals surface area (Å²) < 4.78 is 35.3. The predicted octanol–water partition coefficient (Wildman–Crippen LogP) is 2.99. The lowest BCUT2D eigenvalue weighted by Crippen LogP contribution is -2.52. The summed E-state index contributed by atoms with van der Waals surface area (Å²) in [6.07, 6.45) is 0. The smallest absolute Gasteiger partial charge is 0.387 e. The number of hydrogen-bond acceptors (Lipinski definition) is 4. The molecule has 0 aromatic heterocycles. The highest BCUT2D eigenvalue weighted by Gasteiger charge is 2.23. The Balaban J connectivity index is 0.00000392. The van der Waals surface area contributed by atoms with E-state index in [0.717, 1.165) is 31.9 Å². The van der Waals surface area contributed by atoms with Gasteiger partial charge in [0.15, 0.2) is 5.96 Å². The van der Waals surface area contributed by atoms with Gasteiger partial charge in [0.2, 0.25) is 0 Å². The fraction of sp³-hybridized carbons (Fsp3) is 0.632. The van der Waals surface area contributed by atoms with E-state index in [4.69, 9.17) is 4.74 Å². The summed E-state index contributed by atoms with van der Waals surface area (Å²) in [4.78, 5) is 6.62. The van der Waals surface area contributed by atoms with Gasteiger partial charge in [-0.2, -0.15) is 8.78 Å². The van der Waals surface area contributed by atoms with Crippen LogP contribution in [0.3, 0.4) is 0 Å². The first-order valence-corrected chi connectivity index (χ1v) is 9.23. The molecule has 0 aliphatic carbocycles. The van der Waals surface area contributed by atoms with Crippen molar-refractivity contribution in [1.29, 1.82) is 0 Å². The second-order valence-corrected chi connectivity index (χ2v) is 6.81. The SMILES string of the molecule is CN=C(NCc1cc(C)ccc1OC(F)F)NCC(C)N1CCOCC1C.I. The van der Waals surface area contributed by atoms with Crippen LogP contribution in [0.1, 0.15) is 25.0 Å². The van der Waals surface area contributed by atoms with Crippen molar-refractivity contribution in [3.8, 4) is 5.75 Å². The third-order valence-electron chi connectivity index (χ3n) is 4.65. The van der Waals surface area contributed by atoms with Gasteiger partial charge >= 0.3 is 6.61 Å². The van der Waals surface area contributed by atoms with Gasteiger partial charge in [0, 0.05) is 44.3 Å². The lowest BCUT2D eigenvalue weighted by Gasteiger charge is -2.38. The van der Waals surface area contributed by atoms with Crippen molar-refractivity contribution in [2.24, 2.45) is 4.99 Å². The van der Waals surface area contributed by atoms with E-state index in [1.807, 2.05) is 13.0 Å². The Labute approximate surface area is 183 Å². The highest BCUT2D eigenvalue weighted by atomic mass is 127. The molecule has 0 spiro atoms. The summed E-state index contributed by atoms with van der Waals surface area (Å²) in [7, 11) is 1.68. The summed E-state index contributed by atoms with van der Waals surface area (Å²) >= 11 is 0. The van der Waals surface area contributed by atoms with Crippen LogP contribution in [0.2, 0.25) is 0 Å². The first-order chi connectivity index (χ1) is 12.9. The monoisotopic (exact) mass is 512 g/mol. The number of morpholine rings is 1. The van der Waals surface area contributed by atoms with Gasteiger partial charge in [-0.25, -0.2) is 0 Å². The van der Waals surface area contributed by atoms with Gasteiger partial charge in [0.05, 0.1) is 13.2 Å². The summed E-state index contributed by atoms with van der Waals surface area (Å²) in [5.41, 5.74) is 1.64. The Morgan fingerprint density at radius 2 is 2.14 bits per heavy atom. The van der Waals surface area contributed by atoms with Crippen LogP contribution in [0.5, 0.6) is 5.75 Å². The standard InChI is InChI=1S/C19H30F2N4O2.HI/c1-13-5-6-17(27-18(20)21)16(9-13)11-24-19(22-4)23-10-14(2)25-7-8-26-12-15(25)3;/h5-6,9,14-15,18H,7-8,10-12H2,1-4H3,(H2,22,23,24);1H. The number of halogens is 3. The fourth-order valence-electron chi connectivity index (χ4n) is 3.21. The molecule has 9 heteroatoms. The van der Waals surface area contributed by atoms with Gasteiger partial charge in [-0.1, -0.05) is 17.7 Å². The number of guanidine groups is 1. The fourth-order valence-corrected chi connectivity index (χ4v) is 3.21. The molecular weight excluding hydrogens is 481 g/mol. The number of ether oxygens (including phenoxy) is 2. The molecule has 160 valence electrons. The molecule has 2 atom stereocenters. The molecule has 0 amide bonds. The predicted molar refractivity (Wildman–Crippen MR) is 118 cm³/mol. The maximum atomic E-state index is 12.6. The number of hydrogen-bond donors (Lipinski definition) is 2. The molecule has 1 aromatic rings. The molecule has 1 fully saturated rings. The Morgan fingerprint density at radius 3 is 2.79 bits per heavy atom. The minimum absolute atomic E-state index is 0. The molecule has 0 radical (unpaired) electrons. The van der Waals surface area contributed by atoms with Crippen LogP contribution in [0.4, 0.5) is 8.78 Å². The molecule has 6 nitrogen and oxygen atoms in total. The van der Waals surface area contributed by atoms with E-state index in [-0.39, 0.29) is 29.7 Å². The molecule has 1 heterocycles. The van der Waals surface area contributed by atoms with E-state index >= 15 is 0 Å². The number of rotatable bonds is 7. The molecule has 2 unspecified atom stereocenters. The number of aliphatic imine (C=N–C) groups is 1. The van der Waals surface area contributed by atoms with Crippen molar-refractivity contribution in [3.63, 3.8) is 0 Å². The average Bonchev–Trinajstić information content (AvgIpc) is 2.63. The third kappa shape index (κ3) is 7.67. The minimum atomic E-state index is -2.85. The second kappa shape index (κ2) is 12.4. The van der Waals surface area contributed by atoms with Crippen molar-refractivity contribution < 1.29 is 18.3 Å². The van der Waals surface area contributed by atoms with Crippen LogP contribution in [0.25, 0.3) is 0 Å². The highest BCUT2D eigenvalue weighted by Crippen LogP contribution is 2.22. The molecule has 1 aromatic carbocycles. The second-order valence-electron chi connectivity index (χ2n) is 6.81. The van der Waals surface area contributed by atoms with Crippen LogP contribution in [-0.2, 0) is 11.3 Å². The van der Waals surface area contributed by atoms with Crippen molar-refractivity contribution in [2.45, 2.75) is 46.0 Å². The van der Waals surface area contributed by atoms with Gasteiger partial charge in [-0.3, -0.25) is 9.89 Å². The largest absolute Gasteiger partial charge is 0.434 e. The summed E-state index contributed by atoms with van der Waals surface area (Å²) in [5, 5.41) is 6.47. The van der Waals surface area contributed by atoms with Gasteiger partial charge in [0.1, 0.15) is 5.75 Å². The summed E-state index contributed by atoms with van der Waals surface area (Å²) in [6.45, 7) is 6.85. The van der Waals surface area contributed by atoms with E-state index in [0.29, 0.717) is 30.2 Å². The molecule has 2 N–H and O–H groups in total. The highest BCUT2D eigenvalue weighted by molar-refractivity contribution is 14.0. The van der Waals surface area contributed by atoms with Crippen LogP contribution in [-0.4, -0.2) is 62.9 Å². The van der Waals surface area contributed by atoms with Gasteiger partial charge < -0.3 is 20.1 Å². The van der Waals surface area contributed by atoms with Crippen molar-refractivity contribution in [3.05, 3.63) is 29.3 Å². The molecule has 1 aliphatic rings. The van der Waals surface area contributed by atoms with Gasteiger partial charge in [0.25, 0.3) is 0 Å². The van der Waals surface area contributed by atoms with E-state index in [1.165, 1.54) is 0 Å². The zero-order valence-corrected chi connectivity index (χ0v) is 19.2. The normalized spacial score (nSPS) is 19.1. The average molecular weight is 512 g/mol. The number of aryl methyl sites for hydroxylation is 1.